The minimum Gasteiger partial charge on any atom is -0.394 e. The van der Waals surface area contributed by atoms with Gasteiger partial charge in [0.1, 0.15) is 18.2 Å². The third-order valence-corrected chi connectivity index (χ3v) is 5.45. The van der Waals surface area contributed by atoms with Crippen LogP contribution in [-0.4, -0.2) is 58.8 Å². The Hall–Kier alpha value is -3.27. The summed E-state index contributed by atoms with van der Waals surface area (Å²) in [5, 5.41) is 27.8. The van der Waals surface area contributed by atoms with Gasteiger partial charge in [-0.3, -0.25) is 14.4 Å². The van der Waals surface area contributed by atoms with Crippen molar-refractivity contribution in [3.05, 3.63) is 71.8 Å². The Labute approximate surface area is 206 Å². The van der Waals surface area contributed by atoms with Crippen molar-refractivity contribution in [1.82, 2.24) is 16.0 Å². The molecular weight excluding hydrogens is 448 g/mol. The first-order chi connectivity index (χ1) is 16.7. The van der Waals surface area contributed by atoms with Crippen LogP contribution >= 0.6 is 0 Å². The molecule has 4 unspecified atom stereocenters. The van der Waals surface area contributed by atoms with E-state index in [1.165, 1.54) is 0 Å². The molecule has 2 aromatic rings. The minimum absolute atomic E-state index is 0.0284. The summed E-state index contributed by atoms with van der Waals surface area (Å²) in [6, 6.07) is 15.4. The van der Waals surface area contributed by atoms with Crippen molar-refractivity contribution in [2.24, 2.45) is 11.7 Å². The molecule has 2 rings (SSSR count). The van der Waals surface area contributed by atoms with Crippen molar-refractivity contribution >= 4 is 17.7 Å². The molecule has 0 fully saturated rings. The molecule has 0 heterocycles. The van der Waals surface area contributed by atoms with Gasteiger partial charge in [0.05, 0.1) is 6.61 Å². The quantitative estimate of drug-likeness (QED) is 0.239. The molecule has 0 aromatic heterocycles. The van der Waals surface area contributed by atoms with Crippen LogP contribution in [0.15, 0.2) is 60.7 Å². The van der Waals surface area contributed by atoms with Crippen LogP contribution in [0.5, 0.6) is 0 Å². The first-order valence-electron chi connectivity index (χ1n) is 11.7. The molecule has 0 bridgehead atoms. The molecule has 3 amide bonds. The van der Waals surface area contributed by atoms with Gasteiger partial charge in [0, 0.05) is 12.6 Å². The normalized spacial score (nSPS) is 14.5. The molecule has 0 spiro atoms. The Kier molecular flexibility index (Phi) is 11.4. The van der Waals surface area contributed by atoms with E-state index in [2.05, 4.69) is 16.0 Å². The van der Waals surface area contributed by atoms with Crippen molar-refractivity contribution in [2.75, 3.05) is 6.61 Å². The number of hydrogen-bond acceptors (Lipinski definition) is 6. The number of aliphatic hydroxyl groups excluding tert-OH is 2. The highest BCUT2D eigenvalue weighted by molar-refractivity contribution is 5.93. The summed E-state index contributed by atoms with van der Waals surface area (Å²) in [4.78, 5) is 38.1. The molecule has 7 N–H and O–H groups in total. The molecule has 9 heteroatoms. The summed E-state index contributed by atoms with van der Waals surface area (Å²) in [5.74, 6) is -1.93. The van der Waals surface area contributed by atoms with Gasteiger partial charge in [-0.2, -0.15) is 0 Å². The fourth-order valence-corrected chi connectivity index (χ4v) is 3.53. The summed E-state index contributed by atoms with van der Waals surface area (Å²) in [5.41, 5.74) is 7.77. The van der Waals surface area contributed by atoms with Crippen LogP contribution in [0.2, 0.25) is 0 Å². The molecule has 0 saturated carbocycles. The minimum atomic E-state index is -1.53. The van der Waals surface area contributed by atoms with Gasteiger partial charge in [-0.1, -0.05) is 74.5 Å². The second kappa shape index (κ2) is 14.2. The maximum absolute atomic E-state index is 12.9. The van der Waals surface area contributed by atoms with Crippen LogP contribution in [0.25, 0.3) is 0 Å². The van der Waals surface area contributed by atoms with Crippen LogP contribution in [0, 0.1) is 5.92 Å². The first kappa shape index (κ1) is 28.0. The maximum atomic E-state index is 12.9. The predicted octanol–water partition coefficient (Wildman–Crippen LogP) is 0.242. The van der Waals surface area contributed by atoms with Gasteiger partial charge in [0.15, 0.2) is 0 Å². The smallest absolute Gasteiger partial charge is 0.251 e. The van der Waals surface area contributed by atoms with Gasteiger partial charge in [-0.05, 0) is 29.9 Å². The van der Waals surface area contributed by atoms with Gasteiger partial charge in [0.2, 0.25) is 11.8 Å². The van der Waals surface area contributed by atoms with E-state index < -0.39 is 48.6 Å². The van der Waals surface area contributed by atoms with Crippen LogP contribution < -0.4 is 21.7 Å². The zero-order valence-corrected chi connectivity index (χ0v) is 20.2. The largest absolute Gasteiger partial charge is 0.394 e. The fourth-order valence-electron chi connectivity index (χ4n) is 3.53. The first-order valence-corrected chi connectivity index (χ1v) is 11.7. The Balaban J connectivity index is 1.97. The third kappa shape index (κ3) is 9.48. The molecule has 35 heavy (non-hydrogen) atoms. The lowest BCUT2D eigenvalue weighted by atomic mass is 9.99. The standard InChI is InChI=1S/C26H36N4O5/c1-17(2)13-21(29-26(35)23(32)20(27)14-18-9-5-3-6-10-18)25(34)30-22(16-31)24(33)28-15-19-11-7-4-8-12-19/h3-12,17,20-23,31-32H,13-16,27H2,1-2H3,(H,28,33)(H,29,35)(H,30,34). The number of hydrogen-bond donors (Lipinski definition) is 6. The Morgan fingerprint density at radius 3 is 1.91 bits per heavy atom. The topological polar surface area (TPSA) is 154 Å². The number of aliphatic hydroxyl groups is 2. The van der Waals surface area contributed by atoms with Crippen molar-refractivity contribution in [2.45, 2.75) is 57.5 Å². The molecule has 0 radical (unpaired) electrons. The maximum Gasteiger partial charge on any atom is 0.251 e. The molecule has 4 atom stereocenters. The summed E-state index contributed by atoms with van der Waals surface area (Å²) < 4.78 is 0. The van der Waals surface area contributed by atoms with Gasteiger partial charge in [0.25, 0.3) is 5.91 Å². The lowest BCUT2D eigenvalue weighted by Crippen LogP contribution is -2.57. The monoisotopic (exact) mass is 484 g/mol. The van der Waals surface area contributed by atoms with Crippen molar-refractivity contribution in [3.8, 4) is 0 Å². The highest BCUT2D eigenvalue weighted by Gasteiger charge is 2.30. The second-order valence-corrected chi connectivity index (χ2v) is 8.94. The van der Waals surface area contributed by atoms with Crippen LogP contribution in [0.4, 0.5) is 0 Å². The predicted molar refractivity (Wildman–Crippen MR) is 133 cm³/mol. The van der Waals surface area contributed by atoms with E-state index in [-0.39, 0.29) is 25.3 Å². The Morgan fingerprint density at radius 1 is 0.829 bits per heavy atom. The summed E-state index contributed by atoms with van der Waals surface area (Å²) in [7, 11) is 0. The number of carbonyl (C=O) groups excluding carboxylic acids is 3. The highest BCUT2D eigenvalue weighted by atomic mass is 16.3. The molecule has 0 aliphatic carbocycles. The van der Waals surface area contributed by atoms with E-state index in [9.17, 15) is 24.6 Å². The zero-order chi connectivity index (χ0) is 25.8. The lowest BCUT2D eigenvalue weighted by molar-refractivity contribution is -0.136. The van der Waals surface area contributed by atoms with Crippen molar-refractivity contribution < 1.29 is 24.6 Å². The average Bonchev–Trinajstić information content (AvgIpc) is 2.85. The van der Waals surface area contributed by atoms with Crippen molar-refractivity contribution in [1.29, 1.82) is 0 Å². The van der Waals surface area contributed by atoms with Gasteiger partial charge in [-0.15, -0.1) is 0 Å². The molecule has 190 valence electrons. The number of nitrogens with two attached hydrogens (primary N) is 1. The van der Waals surface area contributed by atoms with Gasteiger partial charge in [-0.25, -0.2) is 0 Å². The van der Waals surface area contributed by atoms with Crippen LogP contribution in [0.3, 0.4) is 0 Å². The fraction of sp³-hybridized carbons (Fsp3) is 0.423. The number of amides is 3. The van der Waals surface area contributed by atoms with E-state index in [1.54, 1.807) is 0 Å². The molecule has 0 aliphatic heterocycles. The average molecular weight is 485 g/mol. The molecule has 0 saturated heterocycles. The molecular formula is C26H36N4O5. The zero-order valence-electron chi connectivity index (χ0n) is 20.2. The summed E-state index contributed by atoms with van der Waals surface area (Å²) in [6.45, 7) is 3.38. The highest BCUT2D eigenvalue weighted by Crippen LogP contribution is 2.09. The van der Waals surface area contributed by atoms with Gasteiger partial charge < -0.3 is 31.9 Å². The van der Waals surface area contributed by atoms with Gasteiger partial charge >= 0.3 is 0 Å². The molecule has 2 aromatic carbocycles. The van der Waals surface area contributed by atoms with Crippen molar-refractivity contribution in [3.63, 3.8) is 0 Å². The summed E-state index contributed by atoms with van der Waals surface area (Å²) >= 11 is 0. The number of benzene rings is 2. The van der Waals surface area contributed by atoms with E-state index in [0.29, 0.717) is 0 Å². The summed E-state index contributed by atoms with van der Waals surface area (Å²) in [6.07, 6.45) is -0.979. The van der Waals surface area contributed by atoms with E-state index in [1.807, 2.05) is 74.5 Å². The third-order valence-electron chi connectivity index (χ3n) is 5.45. The van der Waals surface area contributed by atoms with E-state index >= 15 is 0 Å². The SMILES string of the molecule is CC(C)CC(NC(=O)C(O)C(N)Cc1ccccc1)C(=O)NC(CO)C(=O)NCc1ccccc1. The Bertz CT molecular complexity index is 939. The number of nitrogens with one attached hydrogen (secondary N) is 3. The van der Waals surface area contributed by atoms with E-state index in [4.69, 9.17) is 5.73 Å². The number of rotatable bonds is 13. The lowest BCUT2D eigenvalue weighted by Gasteiger charge is -2.25. The molecule has 0 aliphatic rings. The molecule has 9 nitrogen and oxygen atoms in total. The van der Waals surface area contributed by atoms with Crippen LogP contribution in [0.1, 0.15) is 31.4 Å². The Morgan fingerprint density at radius 2 is 1.37 bits per heavy atom. The second-order valence-electron chi connectivity index (χ2n) is 8.94. The van der Waals surface area contributed by atoms with E-state index in [0.717, 1.165) is 11.1 Å². The van der Waals surface area contributed by atoms with Crippen LogP contribution in [-0.2, 0) is 27.3 Å². The number of carbonyl (C=O) groups is 3.